The summed E-state index contributed by atoms with van der Waals surface area (Å²) in [6, 6.07) is 0. The molecule has 4 heteroatoms. The molecule has 0 aliphatic carbocycles. The van der Waals surface area contributed by atoms with Gasteiger partial charge in [-0.3, -0.25) is 14.9 Å². The average Bonchev–Trinajstić information content (AvgIpc) is 1.87. The number of rotatable bonds is 2. The van der Waals surface area contributed by atoms with Crippen LogP contribution >= 0.6 is 0 Å². The zero-order chi connectivity index (χ0) is 7.28. The van der Waals surface area contributed by atoms with Crippen molar-refractivity contribution in [3.63, 3.8) is 0 Å². The lowest BCUT2D eigenvalue weighted by atomic mass is 10.5. The van der Waals surface area contributed by atoms with E-state index in [2.05, 4.69) is 6.58 Å². The van der Waals surface area contributed by atoms with Crippen molar-refractivity contribution in [2.45, 2.75) is 0 Å². The average molecular weight is 129 g/mol. The predicted molar refractivity (Wildman–Crippen MR) is 30.4 cm³/mol. The second-order valence-corrected chi connectivity index (χ2v) is 1.27. The molecule has 0 atom stereocenters. The Bertz CT molecular complexity index is 141. The monoisotopic (exact) mass is 129 g/mol. The fourth-order valence-electron chi connectivity index (χ4n) is 0.228. The van der Waals surface area contributed by atoms with E-state index in [0.29, 0.717) is 0 Å². The molecule has 0 aliphatic rings. The van der Waals surface area contributed by atoms with E-state index in [9.17, 15) is 9.59 Å². The standard InChI is InChI=1S/C5H7NO3/c1-2-4(8)6-5(9)3-7/h2,7H,1,3H2,(H,6,8,9). The molecule has 50 valence electrons. The van der Waals surface area contributed by atoms with Gasteiger partial charge >= 0.3 is 0 Å². The van der Waals surface area contributed by atoms with Crippen molar-refractivity contribution in [2.24, 2.45) is 0 Å². The van der Waals surface area contributed by atoms with Gasteiger partial charge in [-0.05, 0) is 6.08 Å². The quantitative estimate of drug-likeness (QED) is 0.460. The van der Waals surface area contributed by atoms with Crippen molar-refractivity contribution in [1.82, 2.24) is 5.32 Å². The Morgan fingerprint density at radius 3 is 2.56 bits per heavy atom. The third-order valence-corrected chi connectivity index (χ3v) is 0.592. The number of aliphatic hydroxyl groups is 1. The van der Waals surface area contributed by atoms with Crippen LogP contribution in [0.1, 0.15) is 0 Å². The first-order valence-electron chi connectivity index (χ1n) is 2.27. The SMILES string of the molecule is C=CC(=O)NC(=O)CO. The molecule has 0 rings (SSSR count). The van der Waals surface area contributed by atoms with Gasteiger partial charge < -0.3 is 5.11 Å². The van der Waals surface area contributed by atoms with E-state index in [1.165, 1.54) is 0 Å². The van der Waals surface area contributed by atoms with Crippen LogP contribution in [-0.2, 0) is 9.59 Å². The van der Waals surface area contributed by atoms with E-state index in [1.807, 2.05) is 5.32 Å². The number of carbonyl (C=O) groups excluding carboxylic acids is 2. The Kier molecular flexibility index (Phi) is 3.31. The molecule has 2 amide bonds. The smallest absolute Gasteiger partial charge is 0.252 e. The molecule has 0 aromatic heterocycles. The summed E-state index contributed by atoms with van der Waals surface area (Å²) in [6.07, 6.45) is 0.952. The molecular weight excluding hydrogens is 122 g/mol. The minimum absolute atomic E-state index is 0.603. The van der Waals surface area contributed by atoms with Crippen LogP contribution in [0, 0.1) is 0 Å². The molecule has 0 fully saturated rings. The largest absolute Gasteiger partial charge is 0.387 e. The van der Waals surface area contributed by atoms with Crippen molar-refractivity contribution >= 4 is 11.8 Å². The van der Waals surface area contributed by atoms with Gasteiger partial charge in [0.05, 0.1) is 0 Å². The van der Waals surface area contributed by atoms with Gasteiger partial charge in [0.15, 0.2) is 0 Å². The molecule has 0 bridgehead atoms. The van der Waals surface area contributed by atoms with E-state index >= 15 is 0 Å². The second kappa shape index (κ2) is 3.80. The maximum Gasteiger partial charge on any atom is 0.252 e. The Labute approximate surface area is 52.2 Å². The molecule has 0 aromatic rings. The highest BCUT2D eigenvalue weighted by molar-refractivity contribution is 6.00. The van der Waals surface area contributed by atoms with Gasteiger partial charge in [0.25, 0.3) is 5.91 Å². The van der Waals surface area contributed by atoms with Crippen molar-refractivity contribution < 1.29 is 14.7 Å². The Morgan fingerprint density at radius 2 is 2.22 bits per heavy atom. The van der Waals surface area contributed by atoms with Gasteiger partial charge in [-0.25, -0.2) is 0 Å². The molecular formula is C5H7NO3. The van der Waals surface area contributed by atoms with E-state index < -0.39 is 18.4 Å². The lowest BCUT2D eigenvalue weighted by molar-refractivity contribution is -0.129. The molecule has 0 unspecified atom stereocenters. The minimum Gasteiger partial charge on any atom is -0.387 e. The lowest BCUT2D eigenvalue weighted by Gasteiger charge is -1.93. The summed E-state index contributed by atoms with van der Waals surface area (Å²) in [4.78, 5) is 20.4. The molecule has 0 saturated heterocycles. The van der Waals surface area contributed by atoms with Gasteiger partial charge in [-0.1, -0.05) is 6.58 Å². The number of imide groups is 1. The summed E-state index contributed by atoms with van der Waals surface area (Å²) in [7, 11) is 0. The maximum atomic E-state index is 10.2. The van der Waals surface area contributed by atoms with Crippen molar-refractivity contribution in [1.29, 1.82) is 0 Å². The summed E-state index contributed by atoms with van der Waals surface area (Å²) >= 11 is 0. The molecule has 0 saturated carbocycles. The number of aliphatic hydroxyl groups excluding tert-OH is 1. The van der Waals surface area contributed by atoms with Gasteiger partial charge in [0.2, 0.25) is 5.91 Å². The van der Waals surface area contributed by atoms with E-state index in [-0.39, 0.29) is 0 Å². The van der Waals surface area contributed by atoms with E-state index in [1.54, 1.807) is 0 Å². The molecule has 0 spiro atoms. The number of carbonyl (C=O) groups is 2. The van der Waals surface area contributed by atoms with Gasteiger partial charge in [0, 0.05) is 0 Å². The van der Waals surface area contributed by atoms with Crippen molar-refractivity contribution in [3.05, 3.63) is 12.7 Å². The first-order valence-corrected chi connectivity index (χ1v) is 2.27. The van der Waals surface area contributed by atoms with Crippen LogP contribution in [0.5, 0.6) is 0 Å². The highest BCUT2D eigenvalue weighted by Crippen LogP contribution is 1.66. The number of hydrogen-bond donors (Lipinski definition) is 2. The first kappa shape index (κ1) is 7.84. The summed E-state index contributed by atoms with van der Waals surface area (Å²) in [5.41, 5.74) is 0. The number of hydrogen-bond acceptors (Lipinski definition) is 3. The van der Waals surface area contributed by atoms with E-state index in [4.69, 9.17) is 5.11 Å². The van der Waals surface area contributed by atoms with Crippen LogP contribution in [0.4, 0.5) is 0 Å². The van der Waals surface area contributed by atoms with Crippen molar-refractivity contribution in [2.75, 3.05) is 6.61 Å². The van der Waals surface area contributed by atoms with Crippen LogP contribution in [0.25, 0.3) is 0 Å². The molecule has 0 aliphatic heterocycles. The molecule has 0 aromatic carbocycles. The highest BCUT2D eigenvalue weighted by Gasteiger charge is 1.99. The van der Waals surface area contributed by atoms with Crippen LogP contribution < -0.4 is 5.32 Å². The van der Waals surface area contributed by atoms with Crippen LogP contribution in [0.15, 0.2) is 12.7 Å². The minimum atomic E-state index is -0.722. The molecule has 2 N–H and O–H groups in total. The number of nitrogens with one attached hydrogen (secondary N) is 1. The van der Waals surface area contributed by atoms with Crippen LogP contribution in [0.3, 0.4) is 0 Å². The van der Waals surface area contributed by atoms with Crippen LogP contribution in [0.2, 0.25) is 0 Å². The van der Waals surface area contributed by atoms with Gasteiger partial charge in [-0.2, -0.15) is 0 Å². The fraction of sp³-hybridized carbons (Fsp3) is 0.200. The predicted octanol–water partition coefficient (Wildman–Crippen LogP) is -1.19. The second-order valence-electron chi connectivity index (χ2n) is 1.27. The lowest BCUT2D eigenvalue weighted by Crippen LogP contribution is -2.30. The zero-order valence-corrected chi connectivity index (χ0v) is 4.76. The number of amides is 2. The Hall–Kier alpha value is -1.16. The maximum absolute atomic E-state index is 10.2. The van der Waals surface area contributed by atoms with Crippen LogP contribution in [-0.4, -0.2) is 23.5 Å². The Balaban J connectivity index is 3.59. The van der Waals surface area contributed by atoms with Crippen molar-refractivity contribution in [3.8, 4) is 0 Å². The summed E-state index contributed by atoms with van der Waals surface area (Å²) in [5, 5.41) is 9.91. The molecule has 9 heavy (non-hydrogen) atoms. The molecule has 4 nitrogen and oxygen atoms in total. The third kappa shape index (κ3) is 3.42. The summed E-state index contributed by atoms with van der Waals surface area (Å²) < 4.78 is 0. The van der Waals surface area contributed by atoms with E-state index in [0.717, 1.165) is 6.08 Å². The normalized spacial score (nSPS) is 8.11. The zero-order valence-electron chi connectivity index (χ0n) is 4.76. The first-order chi connectivity index (χ1) is 4.20. The third-order valence-electron chi connectivity index (χ3n) is 0.592. The topological polar surface area (TPSA) is 66.4 Å². The highest BCUT2D eigenvalue weighted by atomic mass is 16.3. The summed E-state index contributed by atoms with van der Waals surface area (Å²) in [5.74, 6) is -1.33. The Morgan fingerprint density at radius 1 is 1.67 bits per heavy atom. The molecule has 0 heterocycles. The van der Waals surface area contributed by atoms with Gasteiger partial charge in [0.1, 0.15) is 6.61 Å². The summed E-state index contributed by atoms with van der Waals surface area (Å²) in [6.45, 7) is 2.42. The molecule has 0 radical (unpaired) electrons. The fourth-order valence-corrected chi connectivity index (χ4v) is 0.228. The van der Waals surface area contributed by atoms with Gasteiger partial charge in [-0.15, -0.1) is 0 Å².